The average Bonchev–Trinajstić information content (AvgIpc) is 2.54. The van der Waals surface area contributed by atoms with Gasteiger partial charge in [0.25, 0.3) is 5.91 Å². The molecule has 0 spiro atoms. The Labute approximate surface area is 131 Å². The first-order valence-corrected chi connectivity index (χ1v) is 7.25. The number of nitriles is 1. The van der Waals surface area contributed by atoms with Crippen LogP contribution < -0.4 is 0 Å². The van der Waals surface area contributed by atoms with Crippen molar-refractivity contribution in [3.8, 4) is 6.07 Å². The summed E-state index contributed by atoms with van der Waals surface area (Å²) < 4.78 is 0.835. The third-order valence-corrected chi connectivity index (χ3v) is 4.12. The van der Waals surface area contributed by atoms with Crippen molar-refractivity contribution in [2.75, 3.05) is 0 Å². The van der Waals surface area contributed by atoms with E-state index in [0.717, 1.165) is 15.6 Å². The smallest absolute Gasteiger partial charge is 0.259 e. The van der Waals surface area contributed by atoms with Crippen LogP contribution in [0.4, 0.5) is 0 Å². The molecule has 2 aromatic rings. The third-order valence-electron chi connectivity index (χ3n) is 3.43. The van der Waals surface area contributed by atoms with Gasteiger partial charge in [-0.2, -0.15) is 5.26 Å². The number of rotatable bonds is 1. The lowest BCUT2D eigenvalue weighted by molar-refractivity contribution is 0.0794. The molecule has 102 valence electrons. The molecule has 0 radical (unpaired) electrons. The SMILES string of the molecule is N#CC1c2c(Br)cccc2C=CN1C(=O)c1ccccc1. The summed E-state index contributed by atoms with van der Waals surface area (Å²) >= 11 is 3.47. The molecule has 0 bridgehead atoms. The standard InChI is InChI=1S/C17H11BrN2O/c18-14-8-4-7-12-9-10-20(15(11-19)16(12)14)17(21)13-5-2-1-3-6-13/h1-10,15H. The Bertz CT molecular complexity index is 762. The molecule has 0 saturated heterocycles. The van der Waals surface area contributed by atoms with Crippen molar-refractivity contribution in [1.29, 1.82) is 5.26 Å². The zero-order chi connectivity index (χ0) is 14.8. The molecule has 2 aromatic carbocycles. The van der Waals surface area contributed by atoms with Crippen LogP contribution in [0.3, 0.4) is 0 Å². The first kappa shape index (κ1) is 13.6. The van der Waals surface area contributed by atoms with E-state index in [9.17, 15) is 10.1 Å². The summed E-state index contributed by atoms with van der Waals surface area (Å²) in [6.07, 6.45) is 3.53. The summed E-state index contributed by atoms with van der Waals surface area (Å²) in [5.74, 6) is -0.181. The van der Waals surface area contributed by atoms with Crippen molar-refractivity contribution in [3.63, 3.8) is 0 Å². The lowest BCUT2D eigenvalue weighted by atomic mass is 9.96. The Hall–Kier alpha value is -2.38. The van der Waals surface area contributed by atoms with E-state index in [1.165, 1.54) is 4.90 Å². The fourth-order valence-electron chi connectivity index (χ4n) is 2.41. The molecule has 3 rings (SSSR count). The highest BCUT2D eigenvalue weighted by Crippen LogP contribution is 2.35. The maximum Gasteiger partial charge on any atom is 0.259 e. The van der Waals surface area contributed by atoms with Gasteiger partial charge in [0.2, 0.25) is 0 Å². The minimum absolute atomic E-state index is 0.181. The van der Waals surface area contributed by atoms with Gasteiger partial charge in [-0.3, -0.25) is 9.69 Å². The highest BCUT2D eigenvalue weighted by atomic mass is 79.9. The molecule has 1 heterocycles. The number of benzene rings is 2. The zero-order valence-electron chi connectivity index (χ0n) is 11.0. The van der Waals surface area contributed by atoms with Gasteiger partial charge in [0.05, 0.1) is 6.07 Å². The quantitative estimate of drug-likeness (QED) is 0.784. The van der Waals surface area contributed by atoms with Crippen LogP contribution in [-0.2, 0) is 0 Å². The number of nitrogens with zero attached hydrogens (tertiary/aromatic N) is 2. The molecular formula is C17H11BrN2O. The van der Waals surface area contributed by atoms with Gasteiger partial charge in [-0.05, 0) is 29.8 Å². The molecule has 1 unspecified atom stereocenters. The van der Waals surface area contributed by atoms with E-state index >= 15 is 0 Å². The van der Waals surface area contributed by atoms with Crippen LogP contribution in [0.2, 0.25) is 0 Å². The van der Waals surface area contributed by atoms with Crippen LogP contribution in [0.5, 0.6) is 0 Å². The second-order valence-corrected chi connectivity index (χ2v) is 5.52. The summed E-state index contributed by atoms with van der Waals surface area (Å²) in [5, 5.41) is 9.53. The number of fused-ring (bicyclic) bond motifs is 1. The number of halogens is 1. The predicted molar refractivity (Wildman–Crippen MR) is 84.1 cm³/mol. The maximum absolute atomic E-state index is 12.6. The Morgan fingerprint density at radius 1 is 1.14 bits per heavy atom. The summed E-state index contributed by atoms with van der Waals surface area (Å²) in [6.45, 7) is 0. The normalized spacial score (nSPS) is 16.2. The van der Waals surface area contributed by atoms with Crippen LogP contribution in [0.25, 0.3) is 6.08 Å². The molecule has 3 nitrogen and oxygen atoms in total. The van der Waals surface area contributed by atoms with Crippen molar-refractivity contribution in [2.24, 2.45) is 0 Å². The average molecular weight is 339 g/mol. The van der Waals surface area contributed by atoms with Gasteiger partial charge in [0.15, 0.2) is 6.04 Å². The predicted octanol–water partition coefficient (Wildman–Crippen LogP) is 4.14. The molecule has 0 aliphatic carbocycles. The van der Waals surface area contributed by atoms with Crippen LogP contribution >= 0.6 is 15.9 Å². The van der Waals surface area contributed by atoms with E-state index in [-0.39, 0.29) is 5.91 Å². The van der Waals surface area contributed by atoms with E-state index in [0.29, 0.717) is 5.56 Å². The summed E-state index contributed by atoms with van der Waals surface area (Å²) in [6, 6.07) is 16.3. The Balaban J connectivity index is 2.05. The largest absolute Gasteiger partial charge is 0.294 e. The second-order valence-electron chi connectivity index (χ2n) is 4.67. The topological polar surface area (TPSA) is 44.1 Å². The van der Waals surface area contributed by atoms with Gasteiger partial charge in [0.1, 0.15) is 0 Å². The van der Waals surface area contributed by atoms with Gasteiger partial charge in [-0.15, -0.1) is 0 Å². The van der Waals surface area contributed by atoms with Crippen molar-refractivity contribution < 1.29 is 4.79 Å². The molecule has 21 heavy (non-hydrogen) atoms. The fraction of sp³-hybridized carbons (Fsp3) is 0.0588. The molecule has 0 saturated carbocycles. The summed E-state index contributed by atoms with van der Waals surface area (Å²) in [5.41, 5.74) is 2.35. The lowest BCUT2D eigenvalue weighted by Crippen LogP contribution is -2.32. The number of amides is 1. The first-order chi connectivity index (χ1) is 10.2. The van der Waals surface area contributed by atoms with Gasteiger partial charge < -0.3 is 0 Å². The summed E-state index contributed by atoms with van der Waals surface area (Å²) in [7, 11) is 0. The lowest BCUT2D eigenvalue weighted by Gasteiger charge is -2.29. The third kappa shape index (κ3) is 2.37. The second kappa shape index (κ2) is 5.55. The van der Waals surface area contributed by atoms with Crippen molar-refractivity contribution in [2.45, 2.75) is 6.04 Å². The van der Waals surface area contributed by atoms with Crippen LogP contribution in [0.15, 0.2) is 59.2 Å². The number of hydrogen-bond donors (Lipinski definition) is 0. The minimum atomic E-state index is -0.631. The number of carbonyl (C=O) groups excluding carboxylic acids is 1. The van der Waals surface area contributed by atoms with Crippen molar-refractivity contribution in [1.82, 2.24) is 4.90 Å². The number of carbonyl (C=O) groups is 1. The van der Waals surface area contributed by atoms with Crippen molar-refractivity contribution >= 4 is 27.9 Å². The molecule has 1 aliphatic heterocycles. The van der Waals surface area contributed by atoms with Gasteiger partial charge in [0, 0.05) is 21.8 Å². The summed E-state index contributed by atoms with van der Waals surface area (Å²) in [4.78, 5) is 14.1. The van der Waals surface area contributed by atoms with E-state index in [2.05, 4.69) is 22.0 Å². The van der Waals surface area contributed by atoms with Crippen LogP contribution in [0, 0.1) is 11.3 Å². The molecule has 0 N–H and O–H groups in total. The van der Waals surface area contributed by atoms with Gasteiger partial charge in [-0.1, -0.05) is 46.3 Å². The van der Waals surface area contributed by atoms with Gasteiger partial charge >= 0.3 is 0 Å². The van der Waals surface area contributed by atoms with E-state index < -0.39 is 6.04 Å². The molecule has 4 heteroatoms. The van der Waals surface area contributed by atoms with Crippen molar-refractivity contribution in [3.05, 3.63) is 75.9 Å². The van der Waals surface area contributed by atoms with Crippen LogP contribution in [0.1, 0.15) is 27.5 Å². The van der Waals surface area contributed by atoms with Gasteiger partial charge in [-0.25, -0.2) is 0 Å². The Morgan fingerprint density at radius 3 is 2.62 bits per heavy atom. The Kier molecular flexibility index (Phi) is 3.59. The van der Waals surface area contributed by atoms with Crippen LogP contribution in [-0.4, -0.2) is 10.8 Å². The molecule has 1 amide bonds. The first-order valence-electron chi connectivity index (χ1n) is 6.46. The molecule has 1 atom stereocenters. The molecular weight excluding hydrogens is 328 g/mol. The number of hydrogen-bond acceptors (Lipinski definition) is 2. The molecule has 0 aromatic heterocycles. The molecule has 1 aliphatic rings. The zero-order valence-corrected chi connectivity index (χ0v) is 12.6. The van der Waals surface area contributed by atoms with E-state index in [1.807, 2.05) is 42.5 Å². The molecule has 0 fully saturated rings. The van der Waals surface area contributed by atoms with E-state index in [4.69, 9.17) is 0 Å². The Morgan fingerprint density at radius 2 is 1.90 bits per heavy atom. The minimum Gasteiger partial charge on any atom is -0.294 e. The highest BCUT2D eigenvalue weighted by molar-refractivity contribution is 9.10. The van der Waals surface area contributed by atoms with E-state index in [1.54, 1.807) is 18.3 Å². The monoisotopic (exact) mass is 338 g/mol. The fourth-order valence-corrected chi connectivity index (χ4v) is 3.01. The maximum atomic E-state index is 12.6. The highest BCUT2D eigenvalue weighted by Gasteiger charge is 2.30.